The Morgan fingerprint density at radius 2 is 2.67 bits per heavy atom. The van der Waals surface area contributed by atoms with E-state index >= 15 is 0 Å². The Kier molecular flexibility index (Phi) is 2.30. The van der Waals surface area contributed by atoms with E-state index in [-0.39, 0.29) is 18.1 Å². The molecular formula is C5H7ClO3. The molecule has 1 saturated heterocycles. The van der Waals surface area contributed by atoms with Crippen LogP contribution >= 0.6 is 11.6 Å². The van der Waals surface area contributed by atoms with Crippen LogP contribution in [0.4, 0.5) is 0 Å². The highest BCUT2D eigenvalue weighted by molar-refractivity contribution is 6.17. The maximum Gasteiger partial charge on any atom is 0.308 e. The molecule has 1 aliphatic heterocycles. The van der Waals surface area contributed by atoms with Crippen LogP contribution in [0.2, 0.25) is 0 Å². The van der Waals surface area contributed by atoms with Gasteiger partial charge in [-0.2, -0.15) is 0 Å². The quantitative estimate of drug-likeness (QED) is 0.425. The van der Waals surface area contributed by atoms with Gasteiger partial charge >= 0.3 is 5.97 Å². The number of carbonyl (C=O) groups excluding carboxylic acids is 1. The van der Waals surface area contributed by atoms with Crippen molar-refractivity contribution in [3.8, 4) is 0 Å². The lowest BCUT2D eigenvalue weighted by atomic mass is 10.3. The standard InChI is InChI=1S/C5H7ClO3/c6-3-9-4-1-5(7)8-2-4/h4H,1-3H2. The molecule has 1 fully saturated rings. The molecule has 0 spiro atoms. The van der Waals surface area contributed by atoms with Crippen LogP contribution in [0.25, 0.3) is 0 Å². The van der Waals surface area contributed by atoms with Gasteiger partial charge in [0.15, 0.2) is 0 Å². The summed E-state index contributed by atoms with van der Waals surface area (Å²) in [7, 11) is 0. The molecule has 0 aromatic rings. The minimum absolute atomic E-state index is 0.116. The van der Waals surface area contributed by atoms with Crippen molar-refractivity contribution in [3.63, 3.8) is 0 Å². The number of hydrogen-bond donors (Lipinski definition) is 0. The van der Waals surface area contributed by atoms with Crippen molar-refractivity contribution in [2.45, 2.75) is 12.5 Å². The third-order valence-electron chi connectivity index (χ3n) is 1.12. The highest BCUT2D eigenvalue weighted by Gasteiger charge is 2.23. The van der Waals surface area contributed by atoms with Crippen molar-refractivity contribution in [2.75, 3.05) is 12.7 Å². The molecule has 4 heteroatoms. The number of carbonyl (C=O) groups is 1. The molecule has 0 radical (unpaired) electrons. The van der Waals surface area contributed by atoms with Crippen LogP contribution in [0.15, 0.2) is 0 Å². The molecule has 1 heterocycles. The number of ether oxygens (including phenoxy) is 2. The molecule has 0 saturated carbocycles. The molecule has 0 amide bonds. The molecule has 52 valence electrons. The van der Waals surface area contributed by atoms with Gasteiger partial charge in [0.25, 0.3) is 0 Å². The molecule has 0 aliphatic carbocycles. The Morgan fingerprint density at radius 3 is 3.11 bits per heavy atom. The molecule has 3 nitrogen and oxygen atoms in total. The second-order valence-electron chi connectivity index (χ2n) is 1.78. The molecule has 1 rings (SSSR count). The first-order chi connectivity index (χ1) is 4.33. The van der Waals surface area contributed by atoms with Crippen LogP contribution < -0.4 is 0 Å². The number of esters is 1. The zero-order valence-corrected chi connectivity index (χ0v) is 5.56. The molecule has 0 aromatic heterocycles. The first kappa shape index (κ1) is 6.83. The first-order valence-electron chi connectivity index (χ1n) is 2.66. The smallest absolute Gasteiger partial charge is 0.308 e. The van der Waals surface area contributed by atoms with Gasteiger partial charge in [-0.1, -0.05) is 11.6 Å². The fourth-order valence-corrected chi connectivity index (χ4v) is 0.864. The third-order valence-corrected chi connectivity index (χ3v) is 1.25. The van der Waals surface area contributed by atoms with E-state index in [0.717, 1.165) is 0 Å². The molecule has 9 heavy (non-hydrogen) atoms. The lowest BCUT2D eigenvalue weighted by Crippen LogP contribution is -2.10. The SMILES string of the molecule is O=C1CC(OCCl)CO1. The highest BCUT2D eigenvalue weighted by atomic mass is 35.5. The van der Waals surface area contributed by atoms with E-state index in [4.69, 9.17) is 16.3 Å². The fourth-order valence-electron chi connectivity index (χ4n) is 0.686. The van der Waals surface area contributed by atoms with Crippen LogP contribution in [0.5, 0.6) is 0 Å². The van der Waals surface area contributed by atoms with Crippen LogP contribution in [0, 0.1) is 0 Å². The molecule has 1 atom stereocenters. The maximum atomic E-state index is 10.4. The number of alkyl halides is 1. The molecule has 1 aliphatic rings. The Bertz CT molecular complexity index is 115. The summed E-state index contributed by atoms with van der Waals surface area (Å²) in [6.45, 7) is 0.353. The van der Waals surface area contributed by atoms with E-state index in [0.29, 0.717) is 13.0 Å². The largest absolute Gasteiger partial charge is 0.463 e. The predicted octanol–water partition coefficient (Wildman–Crippen LogP) is 0.515. The number of halogens is 1. The fraction of sp³-hybridized carbons (Fsp3) is 0.800. The van der Waals surface area contributed by atoms with Gasteiger partial charge in [0, 0.05) is 0 Å². The van der Waals surface area contributed by atoms with Crippen molar-refractivity contribution < 1.29 is 14.3 Å². The molecule has 0 N–H and O–H groups in total. The van der Waals surface area contributed by atoms with Crippen LogP contribution in [-0.4, -0.2) is 24.7 Å². The van der Waals surface area contributed by atoms with E-state index in [2.05, 4.69) is 4.74 Å². The van der Waals surface area contributed by atoms with Crippen molar-refractivity contribution in [1.82, 2.24) is 0 Å². The van der Waals surface area contributed by atoms with Gasteiger partial charge < -0.3 is 9.47 Å². The molecule has 0 bridgehead atoms. The van der Waals surface area contributed by atoms with E-state index < -0.39 is 0 Å². The zero-order chi connectivity index (χ0) is 6.69. The average molecular weight is 151 g/mol. The van der Waals surface area contributed by atoms with Gasteiger partial charge in [0.05, 0.1) is 6.42 Å². The average Bonchev–Trinajstić information content (AvgIpc) is 2.17. The number of rotatable bonds is 2. The van der Waals surface area contributed by atoms with E-state index in [9.17, 15) is 4.79 Å². The van der Waals surface area contributed by atoms with Gasteiger partial charge in [0.2, 0.25) is 0 Å². The molecule has 1 unspecified atom stereocenters. The minimum atomic E-state index is -0.204. The predicted molar refractivity (Wildman–Crippen MR) is 31.2 cm³/mol. The van der Waals surface area contributed by atoms with E-state index in [1.165, 1.54) is 0 Å². The molecular weight excluding hydrogens is 144 g/mol. The Hall–Kier alpha value is -0.280. The topological polar surface area (TPSA) is 35.5 Å². The second-order valence-corrected chi connectivity index (χ2v) is 2.00. The van der Waals surface area contributed by atoms with E-state index in [1.807, 2.05) is 0 Å². The number of hydrogen-bond acceptors (Lipinski definition) is 3. The summed E-state index contributed by atoms with van der Waals surface area (Å²) in [6, 6.07) is 0.126. The van der Waals surface area contributed by atoms with Crippen LogP contribution in [-0.2, 0) is 14.3 Å². The lowest BCUT2D eigenvalue weighted by Gasteiger charge is -2.01. The Morgan fingerprint density at radius 1 is 1.89 bits per heavy atom. The number of cyclic esters (lactones) is 1. The summed E-state index contributed by atoms with van der Waals surface area (Å²) in [6.07, 6.45) is 0.224. The summed E-state index contributed by atoms with van der Waals surface area (Å²) in [5.74, 6) is -0.204. The van der Waals surface area contributed by atoms with Gasteiger partial charge in [-0.3, -0.25) is 4.79 Å². The second kappa shape index (κ2) is 3.03. The van der Waals surface area contributed by atoms with Crippen molar-refractivity contribution in [3.05, 3.63) is 0 Å². The van der Waals surface area contributed by atoms with Gasteiger partial charge in [-0.25, -0.2) is 0 Å². The lowest BCUT2D eigenvalue weighted by molar-refractivity contribution is -0.137. The first-order valence-corrected chi connectivity index (χ1v) is 3.19. The molecule has 0 aromatic carbocycles. The summed E-state index contributed by atoms with van der Waals surface area (Å²) in [4.78, 5) is 10.4. The Labute approximate surface area is 57.9 Å². The van der Waals surface area contributed by atoms with Gasteiger partial charge in [-0.15, -0.1) is 0 Å². The maximum absolute atomic E-state index is 10.4. The Balaban J connectivity index is 2.22. The zero-order valence-electron chi connectivity index (χ0n) is 4.80. The van der Waals surface area contributed by atoms with Crippen LogP contribution in [0.3, 0.4) is 0 Å². The normalized spacial score (nSPS) is 26.3. The van der Waals surface area contributed by atoms with Crippen molar-refractivity contribution >= 4 is 17.6 Å². The summed E-state index contributed by atoms with van der Waals surface area (Å²) < 4.78 is 9.49. The van der Waals surface area contributed by atoms with Gasteiger partial charge in [0.1, 0.15) is 18.8 Å². The third kappa shape index (κ3) is 1.84. The van der Waals surface area contributed by atoms with Crippen LogP contribution in [0.1, 0.15) is 6.42 Å². The van der Waals surface area contributed by atoms with Gasteiger partial charge in [-0.05, 0) is 0 Å². The highest BCUT2D eigenvalue weighted by Crippen LogP contribution is 2.09. The van der Waals surface area contributed by atoms with E-state index in [1.54, 1.807) is 0 Å². The minimum Gasteiger partial charge on any atom is -0.463 e. The van der Waals surface area contributed by atoms with Crippen molar-refractivity contribution in [2.24, 2.45) is 0 Å². The summed E-state index contributed by atoms with van der Waals surface area (Å²) in [5.41, 5.74) is 0. The summed E-state index contributed by atoms with van der Waals surface area (Å²) in [5, 5.41) is 0. The monoisotopic (exact) mass is 150 g/mol. The van der Waals surface area contributed by atoms with Crippen molar-refractivity contribution in [1.29, 1.82) is 0 Å². The summed E-state index contributed by atoms with van der Waals surface area (Å²) >= 11 is 5.24.